The first-order valence-corrected chi connectivity index (χ1v) is 5.49. The summed E-state index contributed by atoms with van der Waals surface area (Å²) in [6.07, 6.45) is 2.19. The van der Waals surface area contributed by atoms with Crippen molar-refractivity contribution < 1.29 is 4.79 Å². The van der Waals surface area contributed by atoms with Crippen molar-refractivity contribution in [2.24, 2.45) is 0 Å². The Morgan fingerprint density at radius 2 is 2.00 bits per heavy atom. The third-order valence-electron chi connectivity index (χ3n) is 2.74. The highest BCUT2D eigenvalue weighted by atomic mass is 16.2. The molecule has 2 aromatic rings. The molecule has 1 aromatic carbocycles. The summed E-state index contributed by atoms with van der Waals surface area (Å²) in [5, 5.41) is 3.99. The van der Waals surface area contributed by atoms with Gasteiger partial charge in [0.2, 0.25) is 0 Å². The molecule has 1 heterocycles. The number of carbonyl (C=O) groups excluding carboxylic acids is 1. The zero-order valence-electron chi connectivity index (χ0n) is 8.81. The highest BCUT2D eigenvalue weighted by Crippen LogP contribution is 2.19. The molecule has 0 unspecified atom stereocenters. The lowest BCUT2D eigenvalue weighted by molar-refractivity contribution is 0.0946. The molecule has 3 rings (SSSR count). The number of hydrogen-bond donors (Lipinski definition) is 1. The topological polar surface area (TPSA) is 42.0 Å². The van der Waals surface area contributed by atoms with Gasteiger partial charge in [-0.15, -0.1) is 0 Å². The van der Waals surface area contributed by atoms with Crippen molar-refractivity contribution in [1.82, 2.24) is 10.3 Å². The number of fused-ring (bicyclic) bond motifs is 1. The normalized spacial score (nSPS) is 15.0. The number of nitrogens with one attached hydrogen (secondary N) is 1. The van der Waals surface area contributed by atoms with Crippen LogP contribution in [0.5, 0.6) is 0 Å². The molecule has 1 N–H and O–H groups in total. The quantitative estimate of drug-likeness (QED) is 0.828. The molecular formula is C13H12N2O. The fourth-order valence-electron chi connectivity index (χ4n) is 1.68. The second kappa shape index (κ2) is 3.59. The molecule has 1 saturated carbocycles. The molecule has 1 aliphatic carbocycles. The Bertz CT molecular complexity index is 546. The maximum absolute atomic E-state index is 11.8. The maximum atomic E-state index is 11.8. The van der Waals surface area contributed by atoms with Crippen LogP contribution in [0.25, 0.3) is 10.9 Å². The second-order valence-electron chi connectivity index (χ2n) is 4.14. The fraction of sp³-hybridized carbons (Fsp3) is 0.231. The van der Waals surface area contributed by atoms with E-state index in [4.69, 9.17) is 0 Å². The van der Waals surface area contributed by atoms with Crippen molar-refractivity contribution in [3.63, 3.8) is 0 Å². The largest absolute Gasteiger partial charge is 0.348 e. The van der Waals surface area contributed by atoms with Crippen LogP contribution in [0.3, 0.4) is 0 Å². The summed E-state index contributed by atoms with van der Waals surface area (Å²) in [5.41, 5.74) is 1.37. The number of rotatable bonds is 2. The smallest absolute Gasteiger partial charge is 0.270 e. The SMILES string of the molecule is O=C(NC1CC1)c1ccc2ccccc2n1. The number of hydrogen-bond acceptors (Lipinski definition) is 2. The van der Waals surface area contributed by atoms with Crippen molar-refractivity contribution in [2.75, 3.05) is 0 Å². The average molecular weight is 212 g/mol. The first-order chi connectivity index (χ1) is 7.83. The van der Waals surface area contributed by atoms with Crippen LogP contribution in [0, 0.1) is 0 Å². The van der Waals surface area contributed by atoms with Gasteiger partial charge in [0.15, 0.2) is 0 Å². The molecule has 0 bridgehead atoms. The Kier molecular flexibility index (Phi) is 2.10. The van der Waals surface area contributed by atoms with Gasteiger partial charge in [0.05, 0.1) is 5.52 Å². The highest BCUT2D eigenvalue weighted by molar-refractivity contribution is 5.95. The van der Waals surface area contributed by atoms with Gasteiger partial charge < -0.3 is 5.32 Å². The van der Waals surface area contributed by atoms with E-state index in [2.05, 4.69) is 10.3 Å². The molecule has 80 valence electrons. The van der Waals surface area contributed by atoms with Crippen molar-refractivity contribution in [1.29, 1.82) is 0 Å². The number of para-hydroxylation sites is 1. The van der Waals surface area contributed by atoms with E-state index in [1.165, 1.54) is 0 Å². The number of nitrogens with zero attached hydrogens (tertiary/aromatic N) is 1. The van der Waals surface area contributed by atoms with Gasteiger partial charge in [0.25, 0.3) is 5.91 Å². The van der Waals surface area contributed by atoms with Crippen LogP contribution in [0.15, 0.2) is 36.4 Å². The number of aromatic nitrogens is 1. The van der Waals surface area contributed by atoms with Crippen LogP contribution < -0.4 is 5.32 Å². The summed E-state index contributed by atoms with van der Waals surface area (Å²) in [4.78, 5) is 16.1. The van der Waals surface area contributed by atoms with Crippen LogP contribution in [0.4, 0.5) is 0 Å². The third kappa shape index (κ3) is 1.76. The number of pyridine rings is 1. The van der Waals surface area contributed by atoms with E-state index in [9.17, 15) is 4.79 Å². The third-order valence-corrected chi connectivity index (χ3v) is 2.74. The monoisotopic (exact) mass is 212 g/mol. The van der Waals surface area contributed by atoms with Gasteiger partial charge in [0.1, 0.15) is 5.69 Å². The predicted molar refractivity (Wildman–Crippen MR) is 62.2 cm³/mol. The molecule has 1 amide bonds. The first kappa shape index (κ1) is 9.33. The minimum atomic E-state index is -0.0618. The summed E-state index contributed by atoms with van der Waals surface area (Å²) in [6, 6.07) is 11.9. The van der Waals surface area contributed by atoms with E-state index in [1.807, 2.05) is 30.3 Å². The summed E-state index contributed by atoms with van der Waals surface area (Å²) in [7, 11) is 0. The summed E-state index contributed by atoms with van der Waals surface area (Å²) >= 11 is 0. The lowest BCUT2D eigenvalue weighted by Gasteiger charge is -2.03. The van der Waals surface area contributed by atoms with Crippen molar-refractivity contribution in [2.45, 2.75) is 18.9 Å². The minimum Gasteiger partial charge on any atom is -0.348 e. The van der Waals surface area contributed by atoms with Crippen LogP contribution in [0.2, 0.25) is 0 Å². The zero-order valence-corrected chi connectivity index (χ0v) is 8.81. The van der Waals surface area contributed by atoms with Crippen LogP contribution in [0.1, 0.15) is 23.3 Å². The van der Waals surface area contributed by atoms with E-state index >= 15 is 0 Å². The first-order valence-electron chi connectivity index (χ1n) is 5.49. The Morgan fingerprint density at radius 1 is 1.19 bits per heavy atom. The minimum absolute atomic E-state index is 0.0618. The summed E-state index contributed by atoms with van der Waals surface area (Å²) < 4.78 is 0. The lowest BCUT2D eigenvalue weighted by Crippen LogP contribution is -2.26. The van der Waals surface area contributed by atoms with Gasteiger partial charge >= 0.3 is 0 Å². The van der Waals surface area contributed by atoms with Crippen molar-refractivity contribution in [3.8, 4) is 0 Å². The summed E-state index contributed by atoms with van der Waals surface area (Å²) in [5.74, 6) is -0.0618. The predicted octanol–water partition coefficient (Wildman–Crippen LogP) is 2.13. The van der Waals surface area contributed by atoms with Gasteiger partial charge in [-0.3, -0.25) is 4.79 Å². The molecule has 0 saturated heterocycles. The van der Waals surface area contributed by atoms with Gasteiger partial charge in [-0.05, 0) is 25.0 Å². The Balaban J connectivity index is 1.94. The second-order valence-corrected chi connectivity index (χ2v) is 4.14. The molecule has 3 nitrogen and oxygen atoms in total. The van der Waals surface area contributed by atoms with E-state index in [0.717, 1.165) is 23.7 Å². The zero-order chi connectivity index (χ0) is 11.0. The Hall–Kier alpha value is -1.90. The van der Waals surface area contributed by atoms with E-state index in [1.54, 1.807) is 6.07 Å². The van der Waals surface area contributed by atoms with Crippen molar-refractivity contribution >= 4 is 16.8 Å². The van der Waals surface area contributed by atoms with Gasteiger partial charge in [-0.1, -0.05) is 24.3 Å². The molecular weight excluding hydrogens is 200 g/mol. The molecule has 3 heteroatoms. The molecule has 0 atom stereocenters. The molecule has 0 aliphatic heterocycles. The van der Waals surface area contributed by atoms with Crippen molar-refractivity contribution in [3.05, 3.63) is 42.1 Å². The molecule has 16 heavy (non-hydrogen) atoms. The highest BCUT2D eigenvalue weighted by Gasteiger charge is 2.24. The van der Waals surface area contributed by atoms with E-state index < -0.39 is 0 Å². The molecule has 1 aliphatic rings. The molecule has 0 radical (unpaired) electrons. The van der Waals surface area contributed by atoms with Crippen LogP contribution in [-0.4, -0.2) is 16.9 Å². The van der Waals surface area contributed by atoms with Gasteiger partial charge in [-0.25, -0.2) is 4.98 Å². The van der Waals surface area contributed by atoms with Crippen LogP contribution >= 0.6 is 0 Å². The Labute approximate surface area is 93.5 Å². The Morgan fingerprint density at radius 3 is 2.81 bits per heavy atom. The average Bonchev–Trinajstić information content (AvgIpc) is 3.12. The standard InChI is InChI=1S/C13H12N2O/c16-13(14-10-6-7-10)12-8-5-9-3-1-2-4-11(9)15-12/h1-5,8,10H,6-7H2,(H,14,16). The number of benzene rings is 1. The molecule has 0 spiro atoms. The molecule has 1 fully saturated rings. The van der Waals surface area contributed by atoms with Crippen LogP contribution in [-0.2, 0) is 0 Å². The summed E-state index contributed by atoms with van der Waals surface area (Å²) in [6.45, 7) is 0. The van der Waals surface area contributed by atoms with E-state index in [0.29, 0.717) is 11.7 Å². The lowest BCUT2D eigenvalue weighted by atomic mass is 10.2. The number of carbonyl (C=O) groups is 1. The fourth-order valence-corrected chi connectivity index (χ4v) is 1.68. The molecule has 1 aromatic heterocycles. The van der Waals surface area contributed by atoms with E-state index in [-0.39, 0.29) is 5.91 Å². The maximum Gasteiger partial charge on any atom is 0.270 e. The number of amides is 1. The van der Waals surface area contributed by atoms with Gasteiger partial charge in [-0.2, -0.15) is 0 Å². The van der Waals surface area contributed by atoms with Gasteiger partial charge in [0, 0.05) is 11.4 Å².